The van der Waals surface area contributed by atoms with Gasteiger partial charge in [0.1, 0.15) is 5.76 Å². The van der Waals surface area contributed by atoms with Crippen molar-refractivity contribution >= 4 is 15.9 Å². The molecule has 84 valence electrons. The molecule has 2 rings (SSSR count). The van der Waals surface area contributed by atoms with Crippen LogP contribution in [0.15, 0.2) is 51.6 Å². The van der Waals surface area contributed by atoms with E-state index >= 15 is 0 Å². The first-order chi connectivity index (χ1) is 7.77. The molecule has 1 aromatic carbocycles. The van der Waals surface area contributed by atoms with E-state index in [0.29, 0.717) is 0 Å². The molecule has 2 aromatic rings. The number of rotatable bonds is 4. The summed E-state index contributed by atoms with van der Waals surface area (Å²) in [5.74, 6) is 0.965. The molecule has 0 bridgehead atoms. The molecule has 0 aliphatic rings. The fraction of sp³-hybridized carbons (Fsp3) is 0.231. The van der Waals surface area contributed by atoms with Gasteiger partial charge in [-0.15, -0.1) is 0 Å². The van der Waals surface area contributed by atoms with E-state index in [1.54, 1.807) is 6.26 Å². The number of furan rings is 1. The fourth-order valence-corrected chi connectivity index (χ4v) is 1.97. The number of benzene rings is 1. The molecule has 0 aliphatic carbocycles. The lowest BCUT2D eigenvalue weighted by Crippen LogP contribution is -2.17. The minimum absolute atomic E-state index is 0.224. The molecule has 0 radical (unpaired) electrons. The molecule has 3 heteroatoms. The molecule has 1 N–H and O–H groups in total. The summed E-state index contributed by atoms with van der Waals surface area (Å²) in [4.78, 5) is 0. The van der Waals surface area contributed by atoms with E-state index in [1.165, 1.54) is 5.56 Å². The average Bonchev–Trinajstić information content (AvgIpc) is 2.81. The van der Waals surface area contributed by atoms with Gasteiger partial charge in [-0.2, -0.15) is 0 Å². The molecule has 0 unspecified atom stereocenters. The van der Waals surface area contributed by atoms with Crippen LogP contribution in [0, 0.1) is 0 Å². The second kappa shape index (κ2) is 5.32. The van der Waals surface area contributed by atoms with Gasteiger partial charge in [-0.25, -0.2) is 0 Å². The van der Waals surface area contributed by atoms with Crippen LogP contribution in [-0.4, -0.2) is 0 Å². The molecular formula is C13H14BrNO. The zero-order valence-corrected chi connectivity index (χ0v) is 10.7. The zero-order valence-electron chi connectivity index (χ0n) is 9.11. The molecule has 0 saturated carbocycles. The maximum absolute atomic E-state index is 5.34. The maximum Gasteiger partial charge on any atom is 0.120 e. The second-order valence-electron chi connectivity index (χ2n) is 3.71. The van der Waals surface area contributed by atoms with Crippen molar-refractivity contribution in [1.29, 1.82) is 0 Å². The molecule has 0 aliphatic heterocycles. The van der Waals surface area contributed by atoms with Crippen LogP contribution in [0.1, 0.15) is 24.3 Å². The highest BCUT2D eigenvalue weighted by atomic mass is 79.9. The van der Waals surface area contributed by atoms with Crippen LogP contribution in [0.25, 0.3) is 0 Å². The standard InChI is InChI=1S/C13H14BrNO/c1-10(13-7-4-8-16-13)15-9-11-5-2-3-6-12(11)14/h2-8,10,15H,9H2,1H3/t10-/m0/s1. The Labute approximate surface area is 104 Å². The van der Waals surface area contributed by atoms with Gasteiger partial charge in [0.05, 0.1) is 12.3 Å². The van der Waals surface area contributed by atoms with Crippen LogP contribution in [0.2, 0.25) is 0 Å². The van der Waals surface area contributed by atoms with E-state index < -0.39 is 0 Å². The first kappa shape index (κ1) is 11.4. The largest absolute Gasteiger partial charge is 0.468 e. The van der Waals surface area contributed by atoms with Crippen molar-refractivity contribution < 1.29 is 4.42 Å². The predicted octanol–water partition coefficient (Wildman–Crippen LogP) is 3.89. The Bertz CT molecular complexity index is 439. The van der Waals surface area contributed by atoms with E-state index in [2.05, 4.69) is 40.3 Å². The van der Waals surface area contributed by atoms with E-state index in [0.717, 1.165) is 16.8 Å². The Kier molecular flexibility index (Phi) is 3.80. The molecule has 2 nitrogen and oxygen atoms in total. The minimum atomic E-state index is 0.224. The Hall–Kier alpha value is -1.06. The summed E-state index contributed by atoms with van der Waals surface area (Å²) in [6.07, 6.45) is 1.70. The van der Waals surface area contributed by atoms with Gasteiger partial charge < -0.3 is 9.73 Å². The topological polar surface area (TPSA) is 25.2 Å². The molecule has 0 saturated heterocycles. The third kappa shape index (κ3) is 2.74. The monoisotopic (exact) mass is 279 g/mol. The molecule has 1 atom stereocenters. The zero-order chi connectivity index (χ0) is 11.4. The molecule has 16 heavy (non-hydrogen) atoms. The van der Waals surface area contributed by atoms with Gasteiger partial charge in [0.25, 0.3) is 0 Å². The highest BCUT2D eigenvalue weighted by Gasteiger charge is 2.07. The maximum atomic E-state index is 5.34. The summed E-state index contributed by atoms with van der Waals surface area (Å²) in [7, 11) is 0. The number of halogens is 1. The van der Waals surface area contributed by atoms with Crippen LogP contribution >= 0.6 is 15.9 Å². The van der Waals surface area contributed by atoms with Gasteiger partial charge in [-0.05, 0) is 30.7 Å². The average molecular weight is 280 g/mol. The normalized spacial score (nSPS) is 12.6. The van der Waals surface area contributed by atoms with Gasteiger partial charge in [-0.3, -0.25) is 0 Å². The van der Waals surface area contributed by atoms with Crippen LogP contribution in [0.4, 0.5) is 0 Å². The first-order valence-corrected chi connectivity index (χ1v) is 6.07. The van der Waals surface area contributed by atoms with Gasteiger partial charge in [-0.1, -0.05) is 34.1 Å². The van der Waals surface area contributed by atoms with Crippen LogP contribution in [-0.2, 0) is 6.54 Å². The van der Waals surface area contributed by atoms with Crippen molar-refractivity contribution in [3.63, 3.8) is 0 Å². The Morgan fingerprint density at radius 3 is 2.75 bits per heavy atom. The third-order valence-corrected chi connectivity index (χ3v) is 3.30. The van der Waals surface area contributed by atoms with Crippen LogP contribution in [0.3, 0.4) is 0 Å². The van der Waals surface area contributed by atoms with Crippen molar-refractivity contribution in [3.8, 4) is 0 Å². The minimum Gasteiger partial charge on any atom is -0.468 e. The van der Waals surface area contributed by atoms with E-state index in [4.69, 9.17) is 4.42 Å². The summed E-state index contributed by atoms with van der Waals surface area (Å²) in [6, 6.07) is 12.3. The second-order valence-corrected chi connectivity index (χ2v) is 4.56. The lowest BCUT2D eigenvalue weighted by Gasteiger charge is -2.12. The molecule has 1 aromatic heterocycles. The highest BCUT2D eigenvalue weighted by molar-refractivity contribution is 9.10. The van der Waals surface area contributed by atoms with Gasteiger partial charge >= 0.3 is 0 Å². The number of hydrogen-bond donors (Lipinski definition) is 1. The third-order valence-electron chi connectivity index (χ3n) is 2.53. The lowest BCUT2D eigenvalue weighted by atomic mass is 10.2. The van der Waals surface area contributed by atoms with E-state index in [-0.39, 0.29) is 6.04 Å². The van der Waals surface area contributed by atoms with E-state index in [1.807, 2.05) is 24.3 Å². The first-order valence-electron chi connectivity index (χ1n) is 5.27. The summed E-state index contributed by atoms with van der Waals surface area (Å²) >= 11 is 3.53. The van der Waals surface area contributed by atoms with Crippen LogP contribution in [0.5, 0.6) is 0 Å². The van der Waals surface area contributed by atoms with E-state index in [9.17, 15) is 0 Å². The fourth-order valence-electron chi connectivity index (χ4n) is 1.54. The molecule has 0 spiro atoms. The van der Waals surface area contributed by atoms with Gasteiger partial charge in [0, 0.05) is 11.0 Å². The smallest absolute Gasteiger partial charge is 0.120 e. The van der Waals surface area contributed by atoms with Crippen molar-refractivity contribution in [2.45, 2.75) is 19.5 Å². The van der Waals surface area contributed by atoms with Crippen molar-refractivity contribution in [2.24, 2.45) is 0 Å². The molecule has 0 amide bonds. The summed E-state index contributed by atoms with van der Waals surface area (Å²) in [6.45, 7) is 2.92. The SMILES string of the molecule is C[C@H](NCc1ccccc1Br)c1ccco1. The number of hydrogen-bond acceptors (Lipinski definition) is 2. The van der Waals surface area contributed by atoms with Crippen LogP contribution < -0.4 is 5.32 Å². The summed E-state index contributed by atoms with van der Waals surface area (Å²) < 4.78 is 6.47. The predicted molar refractivity (Wildman–Crippen MR) is 68.1 cm³/mol. The van der Waals surface area contributed by atoms with Crippen molar-refractivity contribution in [3.05, 3.63) is 58.5 Å². The Balaban J connectivity index is 1.95. The van der Waals surface area contributed by atoms with Gasteiger partial charge in [0.15, 0.2) is 0 Å². The quantitative estimate of drug-likeness (QED) is 0.919. The number of nitrogens with one attached hydrogen (secondary N) is 1. The van der Waals surface area contributed by atoms with Gasteiger partial charge in [0.2, 0.25) is 0 Å². The van der Waals surface area contributed by atoms with Crippen molar-refractivity contribution in [1.82, 2.24) is 5.32 Å². The molecule has 0 fully saturated rings. The highest BCUT2D eigenvalue weighted by Crippen LogP contribution is 2.18. The summed E-state index contributed by atoms with van der Waals surface area (Å²) in [5, 5.41) is 3.42. The molecule has 1 heterocycles. The molecular weight excluding hydrogens is 266 g/mol. The Morgan fingerprint density at radius 1 is 1.25 bits per heavy atom. The summed E-state index contributed by atoms with van der Waals surface area (Å²) in [5.41, 5.74) is 1.25. The van der Waals surface area contributed by atoms with Crippen molar-refractivity contribution in [2.75, 3.05) is 0 Å². The Morgan fingerprint density at radius 2 is 2.06 bits per heavy atom. The lowest BCUT2D eigenvalue weighted by molar-refractivity contribution is 0.430.